The fraction of sp³-hybridized carbons (Fsp3) is 0.211. The molecular weight excluding hydrogens is 349 g/mol. The van der Waals surface area contributed by atoms with Crippen molar-refractivity contribution >= 4 is 11.5 Å². The molecule has 2 aromatic carbocycles. The van der Waals surface area contributed by atoms with E-state index in [9.17, 15) is 18.0 Å². The lowest BCUT2D eigenvalue weighted by atomic mass is 10.0. The van der Waals surface area contributed by atoms with E-state index in [1.807, 2.05) is 0 Å². The fourth-order valence-electron chi connectivity index (χ4n) is 2.28. The summed E-state index contributed by atoms with van der Waals surface area (Å²) in [5.41, 5.74) is 0.489. The summed E-state index contributed by atoms with van der Waals surface area (Å²) in [7, 11) is 2.64. The number of methoxy groups -OCH3 is 2. The minimum atomic E-state index is -4.45. The smallest absolute Gasteiger partial charge is 0.416 e. The van der Waals surface area contributed by atoms with Crippen molar-refractivity contribution in [2.75, 3.05) is 14.2 Å². The third-order valence-electron chi connectivity index (χ3n) is 3.50. The highest BCUT2D eigenvalue weighted by Gasteiger charge is 2.30. The van der Waals surface area contributed by atoms with Crippen molar-refractivity contribution in [3.8, 4) is 5.75 Å². The lowest BCUT2D eigenvalue weighted by Gasteiger charge is -2.14. The molecule has 0 aromatic heterocycles. The number of carbonyl (C=O) groups is 1. The Morgan fingerprint density at radius 1 is 1.08 bits per heavy atom. The Balaban J connectivity index is 2.26. The number of rotatable bonds is 6. The zero-order chi connectivity index (χ0) is 19.2. The van der Waals surface area contributed by atoms with Gasteiger partial charge in [0, 0.05) is 0 Å². The van der Waals surface area contributed by atoms with Gasteiger partial charge in [-0.1, -0.05) is 30.3 Å². The van der Waals surface area contributed by atoms with Crippen LogP contribution in [0.3, 0.4) is 0 Å². The Morgan fingerprint density at radius 3 is 2.46 bits per heavy atom. The molecule has 0 atom stereocenters. The van der Waals surface area contributed by atoms with Crippen LogP contribution in [0, 0.1) is 0 Å². The van der Waals surface area contributed by atoms with Gasteiger partial charge in [-0.05, 0) is 29.3 Å². The molecule has 0 saturated heterocycles. The predicted octanol–water partition coefficient (Wildman–Crippen LogP) is 4.44. The van der Waals surface area contributed by atoms with Crippen LogP contribution in [-0.4, -0.2) is 20.2 Å². The second-order valence-electron chi connectivity index (χ2n) is 5.23. The minimum absolute atomic E-state index is 0.0322. The van der Waals surface area contributed by atoms with E-state index < -0.39 is 17.7 Å². The van der Waals surface area contributed by atoms with Crippen LogP contribution < -0.4 is 4.74 Å². The molecule has 0 saturated carbocycles. The van der Waals surface area contributed by atoms with Crippen LogP contribution in [0.2, 0.25) is 0 Å². The van der Waals surface area contributed by atoms with Gasteiger partial charge in [-0.3, -0.25) is 0 Å². The van der Waals surface area contributed by atoms with Gasteiger partial charge in [-0.25, -0.2) is 4.79 Å². The van der Waals surface area contributed by atoms with Crippen LogP contribution >= 0.6 is 0 Å². The van der Waals surface area contributed by atoms with Crippen LogP contribution in [0.1, 0.15) is 16.7 Å². The molecule has 0 radical (unpaired) electrons. The molecule has 4 nitrogen and oxygen atoms in total. The van der Waals surface area contributed by atoms with Crippen molar-refractivity contribution in [3.05, 3.63) is 71.5 Å². The van der Waals surface area contributed by atoms with Crippen molar-refractivity contribution < 1.29 is 32.2 Å². The van der Waals surface area contributed by atoms with E-state index in [4.69, 9.17) is 14.2 Å². The average molecular weight is 366 g/mol. The number of benzene rings is 2. The Bertz CT molecular complexity index is 797. The first-order valence-corrected chi connectivity index (χ1v) is 7.56. The molecule has 0 bridgehead atoms. The Hall–Kier alpha value is -2.96. The molecule has 0 aliphatic heterocycles. The second kappa shape index (κ2) is 8.42. The van der Waals surface area contributed by atoms with Crippen LogP contribution in [0.5, 0.6) is 5.75 Å². The van der Waals surface area contributed by atoms with Gasteiger partial charge < -0.3 is 14.2 Å². The van der Waals surface area contributed by atoms with Crippen molar-refractivity contribution in [2.45, 2.75) is 12.8 Å². The molecule has 0 amide bonds. The minimum Gasteiger partial charge on any atom is -0.503 e. The number of carbonyl (C=O) groups excluding carboxylic acids is 1. The summed E-state index contributed by atoms with van der Waals surface area (Å²) in [6.07, 6.45) is -3.20. The van der Waals surface area contributed by atoms with Crippen molar-refractivity contribution in [1.29, 1.82) is 0 Å². The topological polar surface area (TPSA) is 44.8 Å². The van der Waals surface area contributed by atoms with E-state index in [0.717, 1.165) is 12.1 Å². The lowest BCUT2D eigenvalue weighted by molar-refractivity contribution is -0.137. The molecule has 138 valence electrons. The normalized spacial score (nSPS) is 11.8. The van der Waals surface area contributed by atoms with Gasteiger partial charge in [0.1, 0.15) is 17.9 Å². The van der Waals surface area contributed by atoms with E-state index in [2.05, 4.69) is 0 Å². The van der Waals surface area contributed by atoms with E-state index in [1.54, 1.807) is 24.3 Å². The highest BCUT2D eigenvalue weighted by atomic mass is 19.4. The summed E-state index contributed by atoms with van der Waals surface area (Å²) < 4.78 is 53.5. The third-order valence-corrected chi connectivity index (χ3v) is 3.50. The lowest BCUT2D eigenvalue weighted by Crippen LogP contribution is -2.09. The number of halogens is 3. The highest BCUT2D eigenvalue weighted by Crippen LogP contribution is 2.31. The first-order chi connectivity index (χ1) is 12.4. The predicted molar refractivity (Wildman–Crippen MR) is 89.2 cm³/mol. The quantitative estimate of drug-likeness (QED) is 0.431. The Labute approximate surface area is 148 Å². The standard InChI is InChI=1S/C19H17F3O4/c1-24-12-17(18(23)25-2)16-9-4-3-6-13(16)11-26-15-8-5-7-14(10-15)19(20,21)22/h3-10,12H,11H2,1-2H3/b17-12+. The zero-order valence-electron chi connectivity index (χ0n) is 14.2. The molecule has 0 N–H and O–H groups in total. The summed E-state index contributed by atoms with van der Waals surface area (Å²) in [6.45, 7) is -0.0322. The summed E-state index contributed by atoms with van der Waals surface area (Å²) in [4.78, 5) is 11.9. The van der Waals surface area contributed by atoms with Gasteiger partial charge in [0.15, 0.2) is 0 Å². The van der Waals surface area contributed by atoms with Crippen molar-refractivity contribution in [3.63, 3.8) is 0 Å². The van der Waals surface area contributed by atoms with Gasteiger partial charge in [0.2, 0.25) is 0 Å². The van der Waals surface area contributed by atoms with E-state index >= 15 is 0 Å². The first kappa shape index (κ1) is 19.4. The maximum absolute atomic E-state index is 12.8. The maximum Gasteiger partial charge on any atom is 0.416 e. The molecule has 0 aliphatic carbocycles. The fourth-order valence-corrected chi connectivity index (χ4v) is 2.28. The number of hydrogen-bond acceptors (Lipinski definition) is 4. The number of esters is 1. The molecule has 0 unspecified atom stereocenters. The number of hydrogen-bond donors (Lipinski definition) is 0. The summed E-state index contributed by atoms with van der Waals surface area (Å²) >= 11 is 0. The second-order valence-corrected chi connectivity index (χ2v) is 5.23. The number of alkyl halides is 3. The van der Waals surface area contributed by atoms with Crippen LogP contribution in [0.25, 0.3) is 5.57 Å². The molecule has 2 aromatic rings. The van der Waals surface area contributed by atoms with Gasteiger partial charge in [-0.15, -0.1) is 0 Å². The highest BCUT2D eigenvalue weighted by molar-refractivity contribution is 6.16. The Kier molecular flexibility index (Phi) is 6.27. The van der Waals surface area contributed by atoms with Gasteiger partial charge in [0.05, 0.1) is 26.0 Å². The number of ether oxygens (including phenoxy) is 3. The Morgan fingerprint density at radius 2 is 1.81 bits per heavy atom. The van der Waals surface area contributed by atoms with E-state index in [1.165, 1.54) is 32.6 Å². The molecule has 0 heterocycles. The largest absolute Gasteiger partial charge is 0.503 e. The van der Waals surface area contributed by atoms with E-state index in [0.29, 0.717) is 11.1 Å². The van der Waals surface area contributed by atoms with Crippen molar-refractivity contribution in [2.24, 2.45) is 0 Å². The molecule has 0 fully saturated rings. The van der Waals surface area contributed by atoms with Gasteiger partial charge in [0.25, 0.3) is 0 Å². The van der Waals surface area contributed by atoms with Crippen molar-refractivity contribution in [1.82, 2.24) is 0 Å². The molecular formula is C19H17F3O4. The molecule has 2 rings (SSSR count). The first-order valence-electron chi connectivity index (χ1n) is 7.56. The molecule has 26 heavy (non-hydrogen) atoms. The zero-order valence-corrected chi connectivity index (χ0v) is 14.2. The molecule has 0 aliphatic rings. The summed E-state index contributed by atoms with van der Waals surface area (Å²) in [5, 5.41) is 0. The van der Waals surface area contributed by atoms with Gasteiger partial charge in [-0.2, -0.15) is 13.2 Å². The molecule has 0 spiro atoms. The summed E-state index contributed by atoms with van der Waals surface area (Å²) in [5.74, 6) is -0.525. The maximum atomic E-state index is 12.8. The third kappa shape index (κ3) is 4.78. The van der Waals surface area contributed by atoms with Gasteiger partial charge >= 0.3 is 12.1 Å². The van der Waals surface area contributed by atoms with E-state index in [-0.39, 0.29) is 17.9 Å². The van der Waals surface area contributed by atoms with Crippen LogP contribution in [-0.2, 0) is 27.1 Å². The van der Waals surface area contributed by atoms with Crippen LogP contribution in [0.4, 0.5) is 13.2 Å². The monoisotopic (exact) mass is 366 g/mol. The summed E-state index contributed by atoms with van der Waals surface area (Å²) in [6, 6.07) is 11.4. The average Bonchev–Trinajstić information content (AvgIpc) is 2.64. The molecule has 7 heteroatoms. The SMILES string of the molecule is CO/C=C(/C(=O)OC)c1ccccc1COc1cccc(C(F)(F)F)c1. The van der Waals surface area contributed by atoms with Crippen LogP contribution in [0.15, 0.2) is 54.8 Å².